The zero-order valence-corrected chi connectivity index (χ0v) is 17.4. The molecule has 6 nitrogen and oxygen atoms in total. The number of rotatable bonds is 4. The number of halogens is 1. The van der Waals surface area contributed by atoms with Crippen molar-refractivity contribution in [2.45, 2.75) is 11.4 Å². The molecule has 0 spiro atoms. The van der Waals surface area contributed by atoms with E-state index in [0.717, 1.165) is 41.7 Å². The molecule has 27 heavy (non-hydrogen) atoms. The highest BCUT2D eigenvalue weighted by Crippen LogP contribution is 2.30. The fourth-order valence-corrected chi connectivity index (χ4v) is 5.32. The molecule has 0 amide bonds. The SMILES string of the molecule is CN1CCN(Cc2cc3c(Br)ccnc3n2S(=O)(=O)c2ccccc2)CC1. The third-order valence-electron chi connectivity index (χ3n) is 4.94. The minimum absolute atomic E-state index is 0.268. The molecule has 8 heteroatoms. The summed E-state index contributed by atoms with van der Waals surface area (Å²) in [4.78, 5) is 9.23. The molecule has 1 aliphatic heterocycles. The van der Waals surface area contributed by atoms with Crippen LogP contribution in [0.2, 0.25) is 0 Å². The average molecular weight is 449 g/mol. The maximum Gasteiger partial charge on any atom is 0.269 e. The molecule has 0 radical (unpaired) electrons. The van der Waals surface area contributed by atoms with Gasteiger partial charge in [-0.15, -0.1) is 0 Å². The van der Waals surface area contributed by atoms with Crippen LogP contribution in [0.25, 0.3) is 11.0 Å². The molecule has 1 fully saturated rings. The van der Waals surface area contributed by atoms with Crippen LogP contribution in [-0.4, -0.2) is 60.4 Å². The molecule has 0 unspecified atom stereocenters. The lowest BCUT2D eigenvalue weighted by Gasteiger charge is -2.32. The predicted molar refractivity (Wildman–Crippen MR) is 109 cm³/mol. The van der Waals surface area contributed by atoms with Crippen molar-refractivity contribution in [2.24, 2.45) is 0 Å². The zero-order valence-electron chi connectivity index (χ0n) is 15.0. The Hall–Kier alpha value is -1.74. The number of benzene rings is 1. The lowest BCUT2D eigenvalue weighted by molar-refractivity contribution is 0.146. The molecule has 1 aromatic carbocycles. The lowest BCUT2D eigenvalue weighted by Crippen LogP contribution is -2.44. The van der Waals surface area contributed by atoms with Gasteiger partial charge < -0.3 is 4.90 Å². The second-order valence-corrected chi connectivity index (χ2v) is 9.47. The van der Waals surface area contributed by atoms with Gasteiger partial charge in [0.25, 0.3) is 10.0 Å². The van der Waals surface area contributed by atoms with E-state index in [9.17, 15) is 8.42 Å². The van der Waals surface area contributed by atoms with Crippen molar-refractivity contribution < 1.29 is 8.42 Å². The van der Waals surface area contributed by atoms with Gasteiger partial charge in [-0.05, 0) is 47.2 Å². The van der Waals surface area contributed by atoms with Crippen LogP contribution in [0, 0.1) is 0 Å². The van der Waals surface area contributed by atoms with Gasteiger partial charge in [0.2, 0.25) is 0 Å². The molecule has 142 valence electrons. The van der Waals surface area contributed by atoms with E-state index < -0.39 is 10.0 Å². The molecular formula is C19H21BrN4O2S. The maximum atomic E-state index is 13.4. The van der Waals surface area contributed by atoms with Gasteiger partial charge in [-0.2, -0.15) is 0 Å². The van der Waals surface area contributed by atoms with E-state index in [1.54, 1.807) is 30.5 Å². The Balaban J connectivity index is 1.84. The van der Waals surface area contributed by atoms with Gasteiger partial charge in [0.1, 0.15) is 0 Å². The number of likely N-dealkylation sites (N-methyl/N-ethyl adjacent to an activating group) is 1. The van der Waals surface area contributed by atoms with Gasteiger partial charge in [-0.1, -0.05) is 18.2 Å². The highest BCUT2D eigenvalue weighted by atomic mass is 79.9. The van der Waals surface area contributed by atoms with Crippen molar-refractivity contribution in [3.05, 3.63) is 58.8 Å². The molecule has 3 heterocycles. The minimum atomic E-state index is -3.73. The van der Waals surface area contributed by atoms with E-state index in [2.05, 4.69) is 37.8 Å². The van der Waals surface area contributed by atoms with Crippen LogP contribution in [-0.2, 0) is 16.6 Å². The number of aromatic nitrogens is 2. The molecule has 2 aromatic heterocycles. The van der Waals surface area contributed by atoms with Crippen LogP contribution in [0.1, 0.15) is 5.69 Å². The topological polar surface area (TPSA) is 58.4 Å². The molecule has 0 atom stereocenters. The Morgan fingerprint density at radius 3 is 2.48 bits per heavy atom. The molecule has 1 saturated heterocycles. The summed E-state index contributed by atoms with van der Waals surface area (Å²) in [5.41, 5.74) is 1.19. The number of pyridine rings is 1. The van der Waals surface area contributed by atoms with Crippen LogP contribution in [0.5, 0.6) is 0 Å². The molecule has 3 aromatic rings. The van der Waals surface area contributed by atoms with Gasteiger partial charge in [-0.25, -0.2) is 17.4 Å². The van der Waals surface area contributed by atoms with Crippen molar-refractivity contribution in [1.29, 1.82) is 0 Å². The minimum Gasteiger partial charge on any atom is -0.304 e. The van der Waals surface area contributed by atoms with E-state index in [1.165, 1.54) is 3.97 Å². The van der Waals surface area contributed by atoms with Crippen LogP contribution < -0.4 is 0 Å². The molecule has 0 saturated carbocycles. The standard InChI is InChI=1S/C19H21BrN4O2S/c1-22-9-11-23(12-10-22)14-15-13-17-18(20)7-8-21-19(17)24(15)27(25,26)16-5-3-2-4-6-16/h2-8,13H,9-12,14H2,1H3. The van der Waals surface area contributed by atoms with E-state index in [0.29, 0.717) is 12.2 Å². The number of nitrogens with zero attached hydrogens (tertiary/aromatic N) is 4. The molecular weight excluding hydrogens is 428 g/mol. The smallest absolute Gasteiger partial charge is 0.269 e. The number of fused-ring (bicyclic) bond motifs is 1. The van der Waals surface area contributed by atoms with Crippen molar-refractivity contribution >= 4 is 37.0 Å². The van der Waals surface area contributed by atoms with Gasteiger partial charge in [0.15, 0.2) is 5.65 Å². The summed E-state index contributed by atoms with van der Waals surface area (Å²) in [6.07, 6.45) is 1.63. The normalized spacial score (nSPS) is 16.8. The highest BCUT2D eigenvalue weighted by molar-refractivity contribution is 9.10. The fourth-order valence-electron chi connectivity index (χ4n) is 3.41. The fraction of sp³-hybridized carbons (Fsp3) is 0.316. The Bertz CT molecular complexity index is 1060. The number of piperazine rings is 1. The average Bonchev–Trinajstić information content (AvgIpc) is 3.04. The lowest BCUT2D eigenvalue weighted by atomic mass is 10.3. The first kappa shape index (κ1) is 18.6. The van der Waals surface area contributed by atoms with Crippen molar-refractivity contribution in [3.63, 3.8) is 0 Å². The third kappa shape index (κ3) is 3.54. The first-order valence-corrected chi connectivity index (χ1v) is 11.1. The summed E-state index contributed by atoms with van der Waals surface area (Å²) in [5.74, 6) is 0. The van der Waals surface area contributed by atoms with Crippen molar-refractivity contribution in [1.82, 2.24) is 18.8 Å². The van der Waals surface area contributed by atoms with E-state index >= 15 is 0 Å². The summed E-state index contributed by atoms with van der Waals surface area (Å²) >= 11 is 3.53. The van der Waals surface area contributed by atoms with Gasteiger partial charge >= 0.3 is 0 Å². The van der Waals surface area contributed by atoms with Crippen molar-refractivity contribution in [2.75, 3.05) is 33.2 Å². The van der Waals surface area contributed by atoms with Crippen LogP contribution in [0.3, 0.4) is 0 Å². The summed E-state index contributed by atoms with van der Waals surface area (Å²) < 4.78 is 29.1. The van der Waals surface area contributed by atoms with Crippen LogP contribution in [0.4, 0.5) is 0 Å². The highest BCUT2D eigenvalue weighted by Gasteiger charge is 2.26. The van der Waals surface area contributed by atoms with E-state index in [1.807, 2.05) is 18.2 Å². The van der Waals surface area contributed by atoms with Crippen LogP contribution in [0.15, 0.2) is 58.0 Å². The van der Waals surface area contributed by atoms with Gasteiger partial charge in [0.05, 0.1) is 10.6 Å². The quantitative estimate of drug-likeness (QED) is 0.613. The van der Waals surface area contributed by atoms with Crippen molar-refractivity contribution in [3.8, 4) is 0 Å². The first-order chi connectivity index (χ1) is 13.0. The predicted octanol–water partition coefficient (Wildman–Crippen LogP) is 2.78. The summed E-state index contributed by atoms with van der Waals surface area (Å²) in [6.45, 7) is 4.36. The van der Waals surface area contributed by atoms with Gasteiger partial charge in [-0.3, -0.25) is 4.90 Å². The summed E-state index contributed by atoms with van der Waals surface area (Å²) in [6, 6.07) is 12.3. The summed E-state index contributed by atoms with van der Waals surface area (Å²) in [7, 11) is -1.63. The van der Waals surface area contributed by atoms with E-state index in [4.69, 9.17) is 0 Å². The Kier molecular flexibility index (Phi) is 5.07. The second-order valence-electron chi connectivity index (χ2n) is 6.83. The molecule has 0 N–H and O–H groups in total. The second kappa shape index (κ2) is 7.35. The molecule has 1 aliphatic rings. The molecule has 4 rings (SSSR count). The monoisotopic (exact) mass is 448 g/mol. The van der Waals surface area contributed by atoms with Crippen LogP contribution >= 0.6 is 15.9 Å². The summed E-state index contributed by atoms with van der Waals surface area (Å²) in [5, 5.41) is 0.807. The third-order valence-corrected chi connectivity index (χ3v) is 7.39. The number of hydrogen-bond acceptors (Lipinski definition) is 5. The Labute approximate surface area is 167 Å². The Morgan fingerprint density at radius 1 is 1.07 bits per heavy atom. The first-order valence-electron chi connectivity index (χ1n) is 8.83. The van der Waals surface area contributed by atoms with E-state index in [-0.39, 0.29) is 4.90 Å². The Morgan fingerprint density at radius 2 is 1.78 bits per heavy atom. The van der Waals surface area contributed by atoms with Gasteiger partial charge in [0, 0.05) is 48.8 Å². The largest absolute Gasteiger partial charge is 0.304 e. The molecule has 0 aliphatic carbocycles. The maximum absolute atomic E-state index is 13.4. The zero-order chi connectivity index (χ0) is 19.0. The number of hydrogen-bond donors (Lipinski definition) is 0. The molecule has 0 bridgehead atoms.